The molecule has 0 bridgehead atoms. The molecule has 1 rings (SSSR count). The molecular formula is C12H12ClF3O. The van der Waals surface area contributed by atoms with E-state index in [9.17, 15) is 18.0 Å². The Hall–Kier alpha value is -1.03. The van der Waals surface area contributed by atoms with Crippen molar-refractivity contribution in [1.82, 2.24) is 0 Å². The van der Waals surface area contributed by atoms with E-state index in [1.165, 1.54) is 13.0 Å². The van der Waals surface area contributed by atoms with Crippen molar-refractivity contribution in [2.24, 2.45) is 5.41 Å². The van der Waals surface area contributed by atoms with E-state index in [2.05, 4.69) is 0 Å². The third kappa shape index (κ3) is 3.22. The monoisotopic (exact) mass is 264 g/mol. The molecule has 0 saturated heterocycles. The van der Waals surface area contributed by atoms with Gasteiger partial charge in [0.1, 0.15) is 24.9 Å². The number of ketones is 1. The molecule has 0 spiro atoms. The molecule has 0 fully saturated rings. The molecule has 0 heterocycles. The number of halogens is 4. The zero-order valence-corrected chi connectivity index (χ0v) is 10.0. The molecule has 1 aromatic rings. The topological polar surface area (TPSA) is 17.1 Å². The fourth-order valence-corrected chi connectivity index (χ4v) is 1.47. The largest absolute Gasteiger partial charge is 0.299 e. The Labute approximate surface area is 103 Å². The molecule has 0 radical (unpaired) electrons. The maximum absolute atomic E-state index is 12.8. The van der Waals surface area contributed by atoms with Crippen LogP contribution in [0.1, 0.15) is 12.5 Å². The quantitative estimate of drug-likeness (QED) is 0.795. The number of benzene rings is 1. The Morgan fingerprint density at radius 2 is 1.94 bits per heavy atom. The smallest absolute Gasteiger partial charge is 0.148 e. The molecule has 0 aliphatic heterocycles. The van der Waals surface area contributed by atoms with Crippen LogP contribution >= 0.6 is 11.6 Å². The van der Waals surface area contributed by atoms with Crippen LogP contribution in [0.5, 0.6) is 0 Å². The number of Topliss-reactive ketones (excluding diaryl/α,β-unsaturated/α-hetero) is 1. The van der Waals surface area contributed by atoms with Gasteiger partial charge in [0.2, 0.25) is 0 Å². The van der Waals surface area contributed by atoms with Crippen molar-refractivity contribution in [1.29, 1.82) is 0 Å². The van der Waals surface area contributed by atoms with Gasteiger partial charge in [-0.05, 0) is 24.6 Å². The first kappa shape index (κ1) is 14.0. The van der Waals surface area contributed by atoms with E-state index in [-0.39, 0.29) is 11.4 Å². The standard InChI is InChI=1S/C12H12ClF3O/c1-12(6-14,7-15)11(17)4-8-2-3-9(16)5-10(8)13/h2-3,5H,4,6-7H2,1H3. The Morgan fingerprint density at radius 1 is 1.35 bits per heavy atom. The normalized spacial score (nSPS) is 11.6. The van der Waals surface area contributed by atoms with Crippen molar-refractivity contribution in [3.05, 3.63) is 34.6 Å². The summed E-state index contributed by atoms with van der Waals surface area (Å²) in [7, 11) is 0. The predicted octanol–water partition coefficient (Wildman–Crippen LogP) is 3.54. The number of carbonyl (C=O) groups is 1. The molecular weight excluding hydrogens is 253 g/mol. The van der Waals surface area contributed by atoms with Crippen LogP contribution < -0.4 is 0 Å². The minimum Gasteiger partial charge on any atom is -0.299 e. The van der Waals surface area contributed by atoms with Crippen molar-refractivity contribution in [3.8, 4) is 0 Å². The number of rotatable bonds is 5. The second-order valence-corrected chi connectivity index (χ2v) is 4.57. The highest BCUT2D eigenvalue weighted by Gasteiger charge is 2.33. The molecule has 17 heavy (non-hydrogen) atoms. The van der Waals surface area contributed by atoms with Gasteiger partial charge in [0, 0.05) is 11.4 Å². The molecule has 0 atom stereocenters. The Kier molecular flexibility index (Phi) is 4.57. The van der Waals surface area contributed by atoms with E-state index in [0.717, 1.165) is 12.1 Å². The highest BCUT2D eigenvalue weighted by atomic mass is 35.5. The lowest BCUT2D eigenvalue weighted by Crippen LogP contribution is -2.33. The fourth-order valence-electron chi connectivity index (χ4n) is 1.24. The van der Waals surface area contributed by atoms with Gasteiger partial charge < -0.3 is 0 Å². The summed E-state index contributed by atoms with van der Waals surface area (Å²) in [6.07, 6.45) is -0.205. The zero-order chi connectivity index (χ0) is 13.1. The summed E-state index contributed by atoms with van der Waals surface area (Å²) < 4.78 is 38.0. The second-order valence-electron chi connectivity index (χ2n) is 4.16. The average Bonchev–Trinajstić information content (AvgIpc) is 2.31. The maximum atomic E-state index is 12.8. The van der Waals surface area contributed by atoms with E-state index in [1.807, 2.05) is 0 Å². The molecule has 1 nitrogen and oxygen atoms in total. The molecule has 0 saturated carbocycles. The molecule has 0 N–H and O–H groups in total. The third-order valence-electron chi connectivity index (χ3n) is 2.63. The molecule has 0 unspecified atom stereocenters. The van der Waals surface area contributed by atoms with E-state index in [1.54, 1.807) is 0 Å². The van der Waals surface area contributed by atoms with Gasteiger partial charge in [-0.25, -0.2) is 13.2 Å². The number of alkyl halides is 2. The minimum absolute atomic E-state index is 0.0819. The molecule has 94 valence electrons. The van der Waals surface area contributed by atoms with E-state index < -0.39 is 30.4 Å². The van der Waals surface area contributed by atoms with Gasteiger partial charge in [0.25, 0.3) is 0 Å². The van der Waals surface area contributed by atoms with Gasteiger partial charge in [-0.3, -0.25) is 4.79 Å². The van der Waals surface area contributed by atoms with Crippen molar-refractivity contribution in [2.75, 3.05) is 13.3 Å². The molecule has 1 aromatic carbocycles. The minimum atomic E-state index is -1.64. The Morgan fingerprint density at radius 3 is 2.41 bits per heavy atom. The third-order valence-corrected chi connectivity index (χ3v) is 2.98. The van der Waals surface area contributed by atoms with Crippen LogP contribution in [0, 0.1) is 11.2 Å². The summed E-state index contributed by atoms with van der Waals surface area (Å²) in [5.74, 6) is -1.11. The molecule has 0 aromatic heterocycles. The summed E-state index contributed by atoms with van der Waals surface area (Å²) in [5, 5.41) is 0.0819. The van der Waals surface area contributed by atoms with Crippen LogP contribution in [0.2, 0.25) is 5.02 Å². The Balaban J connectivity index is 2.88. The van der Waals surface area contributed by atoms with Gasteiger partial charge in [0.05, 0.1) is 5.41 Å². The number of hydrogen-bond donors (Lipinski definition) is 0. The number of carbonyl (C=O) groups excluding carboxylic acids is 1. The van der Waals surface area contributed by atoms with Crippen LogP contribution in [0.4, 0.5) is 13.2 Å². The van der Waals surface area contributed by atoms with Gasteiger partial charge in [-0.15, -0.1) is 0 Å². The number of hydrogen-bond acceptors (Lipinski definition) is 1. The van der Waals surface area contributed by atoms with Crippen LogP contribution in [0.3, 0.4) is 0 Å². The second kappa shape index (κ2) is 5.54. The van der Waals surface area contributed by atoms with Crippen molar-refractivity contribution in [3.63, 3.8) is 0 Å². The zero-order valence-electron chi connectivity index (χ0n) is 9.27. The predicted molar refractivity (Wildman–Crippen MR) is 60.2 cm³/mol. The molecule has 0 aliphatic carbocycles. The lowest BCUT2D eigenvalue weighted by molar-refractivity contribution is -0.129. The van der Waals surface area contributed by atoms with Gasteiger partial charge in [0.15, 0.2) is 0 Å². The fraction of sp³-hybridized carbons (Fsp3) is 0.417. The van der Waals surface area contributed by atoms with Gasteiger partial charge in [-0.2, -0.15) is 0 Å². The van der Waals surface area contributed by atoms with Crippen molar-refractivity contribution < 1.29 is 18.0 Å². The summed E-state index contributed by atoms with van der Waals surface area (Å²) >= 11 is 5.73. The SMILES string of the molecule is CC(CF)(CF)C(=O)Cc1ccc(F)cc1Cl. The maximum Gasteiger partial charge on any atom is 0.148 e. The first-order valence-corrected chi connectivity index (χ1v) is 5.40. The van der Waals surface area contributed by atoms with Gasteiger partial charge in [-0.1, -0.05) is 17.7 Å². The first-order valence-electron chi connectivity index (χ1n) is 5.02. The molecule has 0 aliphatic rings. The first-order chi connectivity index (χ1) is 7.92. The summed E-state index contributed by atoms with van der Waals surface area (Å²) in [6, 6.07) is 3.55. The molecule has 5 heteroatoms. The van der Waals surface area contributed by atoms with Gasteiger partial charge >= 0.3 is 0 Å². The summed E-state index contributed by atoms with van der Waals surface area (Å²) in [5.41, 5.74) is -1.27. The average molecular weight is 265 g/mol. The van der Waals surface area contributed by atoms with Crippen LogP contribution in [-0.2, 0) is 11.2 Å². The van der Waals surface area contributed by atoms with E-state index in [0.29, 0.717) is 5.56 Å². The highest BCUT2D eigenvalue weighted by Crippen LogP contribution is 2.25. The lowest BCUT2D eigenvalue weighted by Gasteiger charge is -2.20. The van der Waals surface area contributed by atoms with Crippen LogP contribution in [0.15, 0.2) is 18.2 Å². The molecule has 0 amide bonds. The van der Waals surface area contributed by atoms with Crippen molar-refractivity contribution in [2.45, 2.75) is 13.3 Å². The summed E-state index contributed by atoms with van der Waals surface area (Å²) in [4.78, 5) is 11.7. The Bertz CT molecular complexity index is 416. The van der Waals surface area contributed by atoms with E-state index in [4.69, 9.17) is 11.6 Å². The lowest BCUT2D eigenvalue weighted by atomic mass is 9.85. The highest BCUT2D eigenvalue weighted by molar-refractivity contribution is 6.31. The van der Waals surface area contributed by atoms with Crippen LogP contribution in [0.25, 0.3) is 0 Å². The summed E-state index contributed by atoms with van der Waals surface area (Å²) in [6.45, 7) is -0.922. The van der Waals surface area contributed by atoms with Crippen molar-refractivity contribution >= 4 is 17.4 Å². The van der Waals surface area contributed by atoms with E-state index >= 15 is 0 Å². The van der Waals surface area contributed by atoms with Crippen LogP contribution in [-0.4, -0.2) is 19.1 Å².